The van der Waals surface area contributed by atoms with E-state index in [2.05, 4.69) is 31.0 Å². The Hall–Kier alpha value is -0.580. The number of hydrogen-bond donors (Lipinski definition) is 1. The average molecular weight is 286 g/mol. The van der Waals surface area contributed by atoms with Gasteiger partial charge in [-0.05, 0) is 39.0 Å². The zero-order chi connectivity index (χ0) is 14.3. The van der Waals surface area contributed by atoms with Crippen molar-refractivity contribution in [3.05, 3.63) is 0 Å². The summed E-state index contributed by atoms with van der Waals surface area (Å²) in [5.41, 5.74) is 0. The summed E-state index contributed by atoms with van der Waals surface area (Å²) in [6.45, 7) is 6.30. The first-order valence-corrected chi connectivity index (χ1v) is 8.24. The lowest BCUT2D eigenvalue weighted by atomic mass is 10.00. The first-order chi connectivity index (χ1) is 8.98. The van der Waals surface area contributed by atoms with Crippen LogP contribution in [0.25, 0.3) is 0 Å². The third-order valence-corrected chi connectivity index (χ3v) is 5.27. The third-order valence-electron chi connectivity index (χ3n) is 3.87. The lowest BCUT2D eigenvalue weighted by Gasteiger charge is -2.30. The Kier molecular flexibility index (Phi) is 6.83. The van der Waals surface area contributed by atoms with E-state index in [4.69, 9.17) is 5.11 Å². The molecule has 4 nitrogen and oxygen atoms in total. The van der Waals surface area contributed by atoms with Gasteiger partial charge in [0.2, 0.25) is 0 Å². The highest BCUT2D eigenvalue weighted by Crippen LogP contribution is 2.44. The predicted octanol–water partition coefficient (Wildman–Crippen LogP) is 4.35. The molecule has 0 aliphatic heterocycles. The fourth-order valence-corrected chi connectivity index (χ4v) is 3.60. The molecule has 0 amide bonds. The van der Waals surface area contributed by atoms with Gasteiger partial charge in [-0.3, -0.25) is 4.79 Å². The molecule has 2 unspecified atom stereocenters. The highest BCUT2D eigenvalue weighted by Gasteiger charge is 2.37. The number of hydrogen-bond acceptors (Lipinski definition) is 4. The maximum absolute atomic E-state index is 10.7. The Labute approximate surface area is 120 Å². The van der Waals surface area contributed by atoms with E-state index in [-0.39, 0.29) is 17.3 Å². The van der Waals surface area contributed by atoms with E-state index >= 15 is 0 Å². The van der Waals surface area contributed by atoms with Gasteiger partial charge in [0.15, 0.2) is 0 Å². The van der Waals surface area contributed by atoms with Gasteiger partial charge in [0, 0.05) is 5.75 Å². The zero-order valence-corrected chi connectivity index (χ0v) is 13.1. The summed E-state index contributed by atoms with van der Waals surface area (Å²) in [7, 11) is 0. The minimum Gasteiger partial charge on any atom is -0.481 e. The van der Waals surface area contributed by atoms with Crippen LogP contribution in [0.1, 0.15) is 59.3 Å². The van der Waals surface area contributed by atoms with Crippen LogP contribution in [-0.4, -0.2) is 27.7 Å². The van der Waals surface area contributed by atoms with Gasteiger partial charge in [0.1, 0.15) is 4.87 Å². The highest BCUT2D eigenvalue weighted by atomic mass is 32.2. The molecule has 0 saturated heterocycles. The molecular formula is C14H26N2O2S. The highest BCUT2D eigenvalue weighted by molar-refractivity contribution is 8.00. The molecule has 0 radical (unpaired) electrons. The number of carbonyl (C=O) groups is 1. The van der Waals surface area contributed by atoms with Gasteiger partial charge >= 0.3 is 5.97 Å². The molecule has 1 rings (SSSR count). The Morgan fingerprint density at radius 2 is 2.11 bits per heavy atom. The molecule has 1 aliphatic carbocycles. The normalized spacial score (nSPS) is 21.6. The van der Waals surface area contributed by atoms with Gasteiger partial charge in [0.25, 0.3) is 0 Å². The monoisotopic (exact) mass is 286 g/mol. The number of carboxylic acids is 1. The van der Waals surface area contributed by atoms with Crippen LogP contribution in [0.3, 0.4) is 0 Å². The first kappa shape index (κ1) is 16.5. The lowest BCUT2D eigenvalue weighted by Crippen LogP contribution is -2.28. The molecule has 0 spiro atoms. The van der Waals surface area contributed by atoms with Crippen molar-refractivity contribution < 1.29 is 9.90 Å². The SMILES string of the molecule is CCC(C)N=NC(C)(SCCC(=O)O)C1CCCC1. The molecule has 1 N–H and O–H groups in total. The standard InChI is InChI=1S/C14H26N2O2S/c1-4-11(2)15-16-14(3,12-7-5-6-8-12)19-10-9-13(17)18/h11-12H,4-10H2,1-3H3,(H,17,18). The van der Waals surface area contributed by atoms with Gasteiger partial charge in [-0.1, -0.05) is 19.8 Å². The summed E-state index contributed by atoms with van der Waals surface area (Å²) >= 11 is 1.66. The van der Waals surface area contributed by atoms with E-state index in [1.165, 1.54) is 25.7 Å². The Balaban J connectivity index is 2.65. The molecule has 1 fully saturated rings. The molecule has 1 aliphatic rings. The Bertz CT molecular complexity index is 317. The van der Waals surface area contributed by atoms with Crippen LogP contribution < -0.4 is 0 Å². The summed E-state index contributed by atoms with van der Waals surface area (Å²) in [6.07, 6.45) is 6.10. The molecule has 19 heavy (non-hydrogen) atoms. The molecule has 110 valence electrons. The van der Waals surface area contributed by atoms with Gasteiger partial charge in [-0.25, -0.2) is 0 Å². The van der Waals surface area contributed by atoms with Gasteiger partial charge in [-0.15, -0.1) is 11.8 Å². The summed E-state index contributed by atoms with van der Waals surface area (Å²) in [5, 5.41) is 17.8. The van der Waals surface area contributed by atoms with Crippen LogP contribution in [0.5, 0.6) is 0 Å². The van der Waals surface area contributed by atoms with E-state index < -0.39 is 5.97 Å². The molecule has 0 aromatic carbocycles. The van der Waals surface area contributed by atoms with Crippen LogP contribution in [-0.2, 0) is 4.79 Å². The van der Waals surface area contributed by atoms with Crippen LogP contribution >= 0.6 is 11.8 Å². The van der Waals surface area contributed by atoms with Crippen LogP contribution in [0.15, 0.2) is 10.2 Å². The van der Waals surface area contributed by atoms with Crippen molar-refractivity contribution in [2.45, 2.75) is 70.2 Å². The van der Waals surface area contributed by atoms with Crippen LogP contribution in [0.4, 0.5) is 0 Å². The number of carboxylic acid groups (broad SMARTS) is 1. The summed E-state index contributed by atoms with van der Waals surface area (Å²) < 4.78 is 0. The number of azo groups is 1. The van der Waals surface area contributed by atoms with E-state index in [0.29, 0.717) is 11.7 Å². The van der Waals surface area contributed by atoms with Crippen molar-refractivity contribution in [2.75, 3.05) is 5.75 Å². The van der Waals surface area contributed by atoms with Crippen molar-refractivity contribution in [3.8, 4) is 0 Å². The average Bonchev–Trinajstić information content (AvgIpc) is 2.90. The molecule has 0 bridgehead atoms. The van der Waals surface area contributed by atoms with E-state index in [1.807, 2.05) is 0 Å². The van der Waals surface area contributed by atoms with Gasteiger partial charge in [-0.2, -0.15) is 10.2 Å². The minimum absolute atomic E-state index is 0.200. The topological polar surface area (TPSA) is 62.0 Å². The number of nitrogens with zero attached hydrogens (tertiary/aromatic N) is 2. The van der Waals surface area contributed by atoms with E-state index in [1.54, 1.807) is 11.8 Å². The van der Waals surface area contributed by atoms with E-state index in [9.17, 15) is 4.79 Å². The molecule has 1 saturated carbocycles. The van der Waals surface area contributed by atoms with Crippen molar-refractivity contribution in [1.82, 2.24) is 0 Å². The molecule has 2 atom stereocenters. The fourth-order valence-electron chi connectivity index (χ4n) is 2.33. The van der Waals surface area contributed by atoms with E-state index in [0.717, 1.165) is 6.42 Å². The van der Waals surface area contributed by atoms with Crippen molar-refractivity contribution in [1.29, 1.82) is 0 Å². The van der Waals surface area contributed by atoms with Crippen molar-refractivity contribution in [2.24, 2.45) is 16.1 Å². The molecule has 0 heterocycles. The lowest BCUT2D eigenvalue weighted by molar-refractivity contribution is -0.136. The largest absolute Gasteiger partial charge is 0.481 e. The second kappa shape index (κ2) is 7.88. The second-order valence-electron chi connectivity index (χ2n) is 5.50. The van der Waals surface area contributed by atoms with Gasteiger partial charge in [0.05, 0.1) is 12.5 Å². The zero-order valence-electron chi connectivity index (χ0n) is 12.3. The molecular weight excluding hydrogens is 260 g/mol. The summed E-state index contributed by atoms with van der Waals surface area (Å²) in [5.74, 6) is 0.418. The molecule has 5 heteroatoms. The number of rotatable bonds is 8. The van der Waals surface area contributed by atoms with Crippen molar-refractivity contribution in [3.63, 3.8) is 0 Å². The maximum Gasteiger partial charge on any atom is 0.304 e. The maximum atomic E-state index is 10.7. The molecule has 0 aromatic heterocycles. The number of thioether (sulfide) groups is 1. The summed E-state index contributed by atoms with van der Waals surface area (Å²) in [6, 6.07) is 0.251. The Morgan fingerprint density at radius 1 is 1.47 bits per heavy atom. The van der Waals surface area contributed by atoms with Crippen LogP contribution in [0, 0.1) is 5.92 Å². The minimum atomic E-state index is -0.736. The molecule has 0 aromatic rings. The van der Waals surface area contributed by atoms with Crippen molar-refractivity contribution >= 4 is 17.7 Å². The second-order valence-corrected chi connectivity index (χ2v) is 7.02. The smallest absolute Gasteiger partial charge is 0.304 e. The van der Waals surface area contributed by atoms with Crippen LogP contribution in [0.2, 0.25) is 0 Å². The number of aliphatic carboxylic acids is 1. The summed E-state index contributed by atoms with van der Waals surface area (Å²) in [4.78, 5) is 10.4. The fraction of sp³-hybridized carbons (Fsp3) is 0.929. The van der Waals surface area contributed by atoms with Gasteiger partial charge < -0.3 is 5.11 Å². The Morgan fingerprint density at radius 3 is 2.63 bits per heavy atom. The first-order valence-electron chi connectivity index (χ1n) is 7.25. The predicted molar refractivity (Wildman–Crippen MR) is 79.7 cm³/mol. The quantitative estimate of drug-likeness (QED) is 0.675. The third kappa shape index (κ3) is 5.51.